The van der Waals surface area contributed by atoms with Crippen molar-refractivity contribution in [2.75, 3.05) is 5.32 Å². The molecule has 2 amide bonds. The van der Waals surface area contributed by atoms with Crippen LogP contribution in [0.5, 0.6) is 0 Å². The number of amides is 2. The molecule has 0 unspecified atom stereocenters. The molecule has 8 heteroatoms. The molecular weight excluding hydrogens is 276 g/mol. The average molecular weight is 290 g/mol. The quantitative estimate of drug-likeness (QED) is 0.770. The number of aromatic carboxylic acids is 1. The van der Waals surface area contributed by atoms with E-state index < -0.39 is 12.0 Å². The summed E-state index contributed by atoms with van der Waals surface area (Å²) in [4.78, 5) is 30.2. The van der Waals surface area contributed by atoms with Crippen molar-refractivity contribution in [1.29, 1.82) is 0 Å². The van der Waals surface area contributed by atoms with Crippen molar-refractivity contribution in [3.63, 3.8) is 0 Å². The SMILES string of the molecule is CCc1cnc(CNC(=O)Nc2cncc(C(=O)O)c2)o1. The number of nitrogens with zero attached hydrogens (tertiary/aromatic N) is 2. The molecule has 2 rings (SSSR count). The number of aryl methyl sites for hydroxylation is 1. The Morgan fingerprint density at radius 1 is 1.33 bits per heavy atom. The summed E-state index contributed by atoms with van der Waals surface area (Å²) in [5.74, 6) is 0.0309. The van der Waals surface area contributed by atoms with Gasteiger partial charge in [-0.3, -0.25) is 4.98 Å². The number of hydrogen-bond acceptors (Lipinski definition) is 5. The largest absolute Gasteiger partial charge is 0.478 e. The van der Waals surface area contributed by atoms with Crippen molar-refractivity contribution in [2.24, 2.45) is 0 Å². The minimum absolute atomic E-state index is 0.00640. The van der Waals surface area contributed by atoms with Crippen LogP contribution < -0.4 is 10.6 Å². The molecule has 3 N–H and O–H groups in total. The first-order valence-electron chi connectivity index (χ1n) is 6.25. The fourth-order valence-corrected chi connectivity index (χ4v) is 1.55. The molecule has 0 atom stereocenters. The number of carboxylic acid groups (broad SMARTS) is 1. The van der Waals surface area contributed by atoms with E-state index in [9.17, 15) is 9.59 Å². The molecule has 0 saturated carbocycles. The van der Waals surface area contributed by atoms with Crippen LogP contribution in [0.3, 0.4) is 0 Å². The second kappa shape index (κ2) is 6.51. The Labute approximate surface area is 120 Å². The van der Waals surface area contributed by atoms with Gasteiger partial charge in [0.25, 0.3) is 0 Å². The zero-order valence-electron chi connectivity index (χ0n) is 11.3. The van der Waals surface area contributed by atoms with Gasteiger partial charge in [0.2, 0.25) is 5.89 Å². The second-order valence-corrected chi connectivity index (χ2v) is 4.15. The lowest BCUT2D eigenvalue weighted by Gasteiger charge is -2.06. The highest BCUT2D eigenvalue weighted by molar-refractivity contribution is 5.92. The van der Waals surface area contributed by atoms with Gasteiger partial charge in [0.1, 0.15) is 5.76 Å². The number of oxazole rings is 1. The van der Waals surface area contributed by atoms with Crippen LogP contribution in [-0.4, -0.2) is 27.1 Å². The van der Waals surface area contributed by atoms with Gasteiger partial charge in [-0.15, -0.1) is 0 Å². The lowest BCUT2D eigenvalue weighted by molar-refractivity contribution is 0.0696. The van der Waals surface area contributed by atoms with Gasteiger partial charge in [-0.05, 0) is 6.07 Å². The average Bonchev–Trinajstić information content (AvgIpc) is 2.93. The van der Waals surface area contributed by atoms with Gasteiger partial charge in [0.05, 0.1) is 30.2 Å². The van der Waals surface area contributed by atoms with Crippen LogP contribution in [0.4, 0.5) is 10.5 Å². The Kier molecular flexibility index (Phi) is 4.50. The van der Waals surface area contributed by atoms with Crippen LogP contribution in [0.1, 0.15) is 28.9 Å². The molecule has 8 nitrogen and oxygen atoms in total. The number of aromatic nitrogens is 2. The number of nitrogens with one attached hydrogen (secondary N) is 2. The summed E-state index contributed by atoms with van der Waals surface area (Å²) in [6, 6.07) is 0.811. The summed E-state index contributed by atoms with van der Waals surface area (Å²) in [7, 11) is 0. The minimum Gasteiger partial charge on any atom is -0.478 e. The standard InChI is InChI=1S/C13H14N4O4/c1-2-10-6-15-11(21-10)7-16-13(20)17-9-3-8(12(18)19)4-14-5-9/h3-6H,2,7H2,1H3,(H,18,19)(H2,16,17,20). The van der Waals surface area contributed by atoms with Gasteiger partial charge in [-0.1, -0.05) is 6.92 Å². The van der Waals surface area contributed by atoms with Gasteiger partial charge in [0.15, 0.2) is 0 Å². The van der Waals surface area contributed by atoms with E-state index in [0.29, 0.717) is 5.89 Å². The number of rotatable bonds is 5. The maximum Gasteiger partial charge on any atom is 0.337 e. The molecule has 0 aliphatic heterocycles. The molecule has 0 aromatic carbocycles. The highest BCUT2D eigenvalue weighted by Gasteiger charge is 2.08. The van der Waals surface area contributed by atoms with Crippen molar-refractivity contribution in [3.05, 3.63) is 41.9 Å². The fourth-order valence-electron chi connectivity index (χ4n) is 1.55. The van der Waals surface area contributed by atoms with Gasteiger partial charge in [0, 0.05) is 12.6 Å². The molecule has 0 spiro atoms. The molecular formula is C13H14N4O4. The Balaban J connectivity index is 1.89. The van der Waals surface area contributed by atoms with Crippen LogP contribution in [-0.2, 0) is 13.0 Å². The summed E-state index contributed by atoms with van der Waals surface area (Å²) < 4.78 is 5.34. The van der Waals surface area contributed by atoms with Crippen LogP contribution in [0, 0.1) is 0 Å². The predicted molar refractivity (Wildman–Crippen MR) is 72.9 cm³/mol. The predicted octanol–water partition coefficient (Wildman–Crippen LogP) is 1.65. The Bertz CT molecular complexity index is 653. The zero-order chi connectivity index (χ0) is 15.2. The van der Waals surface area contributed by atoms with E-state index in [-0.39, 0.29) is 17.8 Å². The summed E-state index contributed by atoms with van der Waals surface area (Å²) in [6.45, 7) is 2.07. The van der Waals surface area contributed by atoms with E-state index >= 15 is 0 Å². The van der Waals surface area contributed by atoms with E-state index in [2.05, 4.69) is 20.6 Å². The van der Waals surface area contributed by atoms with E-state index in [1.807, 2.05) is 6.92 Å². The number of anilines is 1. The van der Waals surface area contributed by atoms with Crippen molar-refractivity contribution in [3.8, 4) is 0 Å². The third-order valence-electron chi connectivity index (χ3n) is 2.59. The van der Waals surface area contributed by atoms with E-state index in [1.54, 1.807) is 6.20 Å². The van der Waals surface area contributed by atoms with E-state index in [1.165, 1.54) is 18.5 Å². The normalized spacial score (nSPS) is 10.1. The lowest BCUT2D eigenvalue weighted by atomic mass is 10.3. The maximum atomic E-state index is 11.7. The molecule has 0 fully saturated rings. The summed E-state index contributed by atoms with van der Waals surface area (Å²) >= 11 is 0. The first-order chi connectivity index (χ1) is 10.1. The number of carboxylic acids is 1. The van der Waals surface area contributed by atoms with Gasteiger partial charge in [-0.2, -0.15) is 0 Å². The number of carbonyl (C=O) groups is 2. The molecule has 0 bridgehead atoms. The molecule has 0 aliphatic carbocycles. The number of urea groups is 1. The molecule has 2 aromatic rings. The Hall–Kier alpha value is -2.90. The van der Waals surface area contributed by atoms with Crippen LogP contribution in [0.15, 0.2) is 29.1 Å². The second-order valence-electron chi connectivity index (χ2n) is 4.15. The van der Waals surface area contributed by atoms with E-state index in [4.69, 9.17) is 9.52 Å². The highest BCUT2D eigenvalue weighted by atomic mass is 16.4. The lowest BCUT2D eigenvalue weighted by Crippen LogP contribution is -2.28. The van der Waals surface area contributed by atoms with Crippen molar-refractivity contribution in [2.45, 2.75) is 19.9 Å². The molecule has 0 saturated heterocycles. The maximum absolute atomic E-state index is 11.7. The first-order valence-corrected chi connectivity index (χ1v) is 6.25. The first kappa shape index (κ1) is 14.5. The molecule has 21 heavy (non-hydrogen) atoms. The molecule has 2 heterocycles. The zero-order valence-corrected chi connectivity index (χ0v) is 11.3. The molecule has 0 radical (unpaired) electrons. The fraction of sp³-hybridized carbons (Fsp3) is 0.231. The van der Waals surface area contributed by atoms with Gasteiger partial charge in [-0.25, -0.2) is 14.6 Å². The van der Waals surface area contributed by atoms with E-state index in [0.717, 1.165) is 12.2 Å². The summed E-state index contributed by atoms with van der Waals surface area (Å²) in [5.41, 5.74) is 0.280. The van der Waals surface area contributed by atoms with Crippen molar-refractivity contribution < 1.29 is 19.1 Å². The Morgan fingerprint density at radius 3 is 2.81 bits per heavy atom. The van der Waals surface area contributed by atoms with Gasteiger partial charge >= 0.3 is 12.0 Å². The molecule has 0 aliphatic rings. The number of hydrogen-bond donors (Lipinski definition) is 3. The third kappa shape index (κ3) is 4.03. The highest BCUT2D eigenvalue weighted by Crippen LogP contribution is 2.08. The topological polar surface area (TPSA) is 117 Å². The summed E-state index contributed by atoms with van der Waals surface area (Å²) in [6.07, 6.45) is 4.89. The van der Waals surface area contributed by atoms with Crippen LogP contribution in [0.25, 0.3) is 0 Å². The van der Waals surface area contributed by atoms with Crippen LogP contribution in [0.2, 0.25) is 0 Å². The molecule has 110 valence electrons. The van der Waals surface area contributed by atoms with Crippen LogP contribution >= 0.6 is 0 Å². The summed E-state index contributed by atoms with van der Waals surface area (Å²) in [5, 5.41) is 13.9. The third-order valence-corrected chi connectivity index (χ3v) is 2.59. The van der Waals surface area contributed by atoms with Crippen molar-refractivity contribution >= 4 is 17.7 Å². The Morgan fingerprint density at radius 2 is 2.14 bits per heavy atom. The van der Waals surface area contributed by atoms with Gasteiger partial charge < -0.3 is 20.2 Å². The number of carbonyl (C=O) groups excluding carboxylic acids is 1. The monoisotopic (exact) mass is 290 g/mol. The smallest absolute Gasteiger partial charge is 0.337 e. The number of pyridine rings is 1. The van der Waals surface area contributed by atoms with Crippen molar-refractivity contribution in [1.82, 2.24) is 15.3 Å². The minimum atomic E-state index is -1.11. The molecule has 2 aromatic heterocycles.